The van der Waals surface area contributed by atoms with Crippen LogP contribution in [-0.4, -0.2) is 47.4 Å². The zero-order valence-corrected chi connectivity index (χ0v) is 14.5. The van der Waals surface area contributed by atoms with Crippen LogP contribution in [0.15, 0.2) is 6.20 Å². The van der Waals surface area contributed by atoms with E-state index in [2.05, 4.69) is 4.74 Å². The third kappa shape index (κ3) is 3.80. The highest BCUT2D eigenvalue weighted by Crippen LogP contribution is 2.33. The summed E-state index contributed by atoms with van der Waals surface area (Å²) in [7, 11) is 1.22. The van der Waals surface area contributed by atoms with Crippen molar-refractivity contribution in [2.45, 2.75) is 45.1 Å². The van der Waals surface area contributed by atoms with E-state index >= 15 is 0 Å². The Balaban J connectivity index is 2.11. The number of nitrogen functional groups attached to an aromatic ring is 1. The molecule has 1 amide bonds. The molecule has 1 aliphatic rings. The molecule has 0 atom stereocenters. The molecule has 2 rings (SSSR count). The van der Waals surface area contributed by atoms with Crippen molar-refractivity contribution >= 4 is 12.1 Å². The Bertz CT molecular complexity index is 628. The minimum Gasteiger partial charge on any atom is -0.464 e. The molecule has 1 saturated heterocycles. The summed E-state index contributed by atoms with van der Waals surface area (Å²) in [6.07, 6.45) is 1.72. The van der Waals surface area contributed by atoms with Crippen molar-refractivity contribution in [3.63, 3.8) is 0 Å². The molecular weight excluding hydrogens is 317 g/mol. The summed E-state index contributed by atoms with van der Waals surface area (Å²) in [6.45, 7) is 6.27. The highest BCUT2D eigenvalue weighted by atomic mass is 19.1. The number of likely N-dealkylation sites (tertiary alicyclic amines) is 1. The predicted molar refractivity (Wildman–Crippen MR) is 85.7 cm³/mol. The zero-order valence-electron chi connectivity index (χ0n) is 14.5. The Morgan fingerprint density at radius 1 is 1.29 bits per heavy atom. The summed E-state index contributed by atoms with van der Waals surface area (Å²) in [5, 5.41) is 0. The fourth-order valence-electron chi connectivity index (χ4n) is 2.89. The molecule has 8 heteroatoms. The van der Waals surface area contributed by atoms with Crippen molar-refractivity contribution in [1.29, 1.82) is 0 Å². The van der Waals surface area contributed by atoms with Gasteiger partial charge < -0.3 is 20.2 Å². The maximum atomic E-state index is 14.2. The van der Waals surface area contributed by atoms with E-state index in [9.17, 15) is 14.0 Å². The van der Waals surface area contributed by atoms with E-state index in [1.54, 1.807) is 25.7 Å². The van der Waals surface area contributed by atoms with Crippen LogP contribution in [0.3, 0.4) is 0 Å². The van der Waals surface area contributed by atoms with Gasteiger partial charge in [-0.2, -0.15) is 0 Å². The lowest BCUT2D eigenvalue weighted by atomic mass is 9.89. The van der Waals surface area contributed by atoms with Crippen LogP contribution in [0, 0.1) is 5.82 Å². The number of ether oxygens (including phenoxy) is 2. The maximum Gasteiger partial charge on any atom is 0.410 e. The first-order valence-electron chi connectivity index (χ1n) is 7.86. The number of nitrogens with zero attached hydrogens (tertiary/aromatic N) is 2. The first-order valence-corrected chi connectivity index (χ1v) is 7.86. The lowest BCUT2D eigenvalue weighted by molar-refractivity contribution is 0.0203. The molecule has 7 nitrogen and oxygen atoms in total. The minimum atomic E-state index is -0.675. The van der Waals surface area contributed by atoms with Crippen molar-refractivity contribution < 1.29 is 23.5 Å². The van der Waals surface area contributed by atoms with E-state index in [1.165, 1.54) is 7.11 Å². The highest BCUT2D eigenvalue weighted by molar-refractivity contribution is 5.89. The SMILES string of the molecule is COC(=O)c1c(C2CCN(C(=O)OC(C)(C)C)CC2)c(F)cn1N. The van der Waals surface area contributed by atoms with Crippen molar-refractivity contribution in [3.05, 3.63) is 23.3 Å². The van der Waals surface area contributed by atoms with Crippen LogP contribution >= 0.6 is 0 Å². The second-order valence-corrected chi connectivity index (χ2v) is 6.88. The van der Waals surface area contributed by atoms with Gasteiger partial charge in [0.25, 0.3) is 0 Å². The first kappa shape index (κ1) is 18.1. The number of methoxy groups -OCH3 is 1. The summed E-state index contributed by atoms with van der Waals surface area (Å²) >= 11 is 0. The Kier molecular flexibility index (Phi) is 5.05. The molecule has 0 radical (unpaired) electrons. The Morgan fingerprint density at radius 2 is 1.88 bits per heavy atom. The van der Waals surface area contributed by atoms with Gasteiger partial charge in [-0.25, -0.2) is 14.0 Å². The lowest BCUT2D eigenvalue weighted by Gasteiger charge is -2.33. The van der Waals surface area contributed by atoms with E-state index in [0.717, 1.165) is 10.9 Å². The highest BCUT2D eigenvalue weighted by Gasteiger charge is 2.33. The van der Waals surface area contributed by atoms with E-state index < -0.39 is 17.4 Å². The molecule has 0 unspecified atom stereocenters. The van der Waals surface area contributed by atoms with E-state index in [1.807, 2.05) is 0 Å². The number of nitrogens with two attached hydrogens (primary N) is 1. The molecule has 0 aromatic carbocycles. The average Bonchev–Trinajstić information content (AvgIpc) is 2.79. The largest absolute Gasteiger partial charge is 0.464 e. The quantitative estimate of drug-likeness (QED) is 0.658. The summed E-state index contributed by atoms with van der Waals surface area (Å²) in [6, 6.07) is 0. The third-order valence-corrected chi connectivity index (χ3v) is 3.96. The van der Waals surface area contributed by atoms with Gasteiger partial charge in [-0.1, -0.05) is 0 Å². The Hall–Kier alpha value is -2.25. The van der Waals surface area contributed by atoms with Crippen molar-refractivity contribution in [2.75, 3.05) is 26.0 Å². The molecule has 24 heavy (non-hydrogen) atoms. The number of aromatic nitrogens is 1. The fraction of sp³-hybridized carbons (Fsp3) is 0.625. The monoisotopic (exact) mass is 341 g/mol. The van der Waals surface area contributed by atoms with Gasteiger partial charge in [-0.3, -0.25) is 4.68 Å². The third-order valence-electron chi connectivity index (χ3n) is 3.96. The van der Waals surface area contributed by atoms with Crippen LogP contribution in [0.25, 0.3) is 0 Å². The molecule has 0 saturated carbocycles. The second kappa shape index (κ2) is 6.70. The molecule has 1 fully saturated rings. The van der Waals surface area contributed by atoms with Gasteiger partial charge in [0.15, 0.2) is 5.69 Å². The number of carbonyl (C=O) groups is 2. The molecule has 0 spiro atoms. The topological polar surface area (TPSA) is 86.8 Å². The van der Waals surface area contributed by atoms with Crippen LogP contribution < -0.4 is 5.84 Å². The molecule has 2 heterocycles. The normalized spacial score (nSPS) is 16.1. The minimum absolute atomic E-state index is 0.0192. The number of hydrogen-bond acceptors (Lipinski definition) is 5. The Morgan fingerprint density at radius 3 is 2.38 bits per heavy atom. The van der Waals surface area contributed by atoms with E-state index in [4.69, 9.17) is 10.6 Å². The predicted octanol–water partition coefficient (Wildman–Crippen LogP) is 2.24. The van der Waals surface area contributed by atoms with Gasteiger partial charge in [0.1, 0.15) is 11.4 Å². The Labute approximate surface area is 140 Å². The van der Waals surface area contributed by atoms with Crippen LogP contribution in [0.1, 0.15) is 55.6 Å². The summed E-state index contributed by atoms with van der Waals surface area (Å²) in [4.78, 5) is 25.5. The number of amides is 1. The van der Waals surface area contributed by atoms with Crippen molar-refractivity contribution in [2.24, 2.45) is 0 Å². The molecule has 2 N–H and O–H groups in total. The number of esters is 1. The zero-order chi connectivity index (χ0) is 18.1. The fourth-order valence-corrected chi connectivity index (χ4v) is 2.89. The van der Waals surface area contributed by atoms with Crippen molar-refractivity contribution in [3.8, 4) is 0 Å². The average molecular weight is 341 g/mol. The maximum absolute atomic E-state index is 14.2. The summed E-state index contributed by atoms with van der Waals surface area (Å²) in [5.41, 5.74) is -0.284. The number of rotatable bonds is 2. The molecule has 1 aliphatic heterocycles. The number of hydrogen-bond donors (Lipinski definition) is 1. The lowest BCUT2D eigenvalue weighted by Crippen LogP contribution is -2.41. The van der Waals surface area contributed by atoms with Gasteiger partial charge in [0, 0.05) is 18.7 Å². The molecule has 0 aliphatic carbocycles. The van der Waals surface area contributed by atoms with Crippen molar-refractivity contribution in [1.82, 2.24) is 9.58 Å². The standard InChI is InChI=1S/C16H24FN3O4/c1-16(2,3)24-15(22)19-7-5-10(6-8-19)12-11(17)9-20(18)13(12)14(21)23-4/h9-10H,5-8,18H2,1-4H3. The molecular formula is C16H24FN3O4. The molecule has 0 bridgehead atoms. The molecule has 1 aromatic rings. The summed E-state index contributed by atoms with van der Waals surface area (Å²) in [5.74, 6) is 4.25. The van der Waals surface area contributed by atoms with Gasteiger partial charge >= 0.3 is 12.1 Å². The first-order chi connectivity index (χ1) is 11.1. The number of carbonyl (C=O) groups excluding carboxylic acids is 2. The number of halogens is 1. The number of piperidine rings is 1. The van der Waals surface area contributed by atoms with Gasteiger partial charge in [0.05, 0.1) is 13.3 Å². The van der Waals surface area contributed by atoms with Crippen LogP contribution in [0.2, 0.25) is 0 Å². The van der Waals surface area contributed by atoms with E-state index in [0.29, 0.717) is 25.9 Å². The van der Waals surface area contributed by atoms with Crippen LogP contribution in [0.4, 0.5) is 9.18 Å². The van der Waals surface area contributed by atoms with E-state index in [-0.39, 0.29) is 23.3 Å². The van der Waals surface area contributed by atoms with Crippen LogP contribution in [-0.2, 0) is 9.47 Å². The van der Waals surface area contributed by atoms with Gasteiger partial charge in [-0.05, 0) is 39.5 Å². The van der Waals surface area contributed by atoms with Gasteiger partial charge in [-0.15, -0.1) is 0 Å². The molecule has 1 aromatic heterocycles. The van der Waals surface area contributed by atoms with Gasteiger partial charge in [0.2, 0.25) is 0 Å². The summed E-state index contributed by atoms with van der Waals surface area (Å²) < 4.78 is 25.2. The smallest absolute Gasteiger partial charge is 0.410 e. The van der Waals surface area contributed by atoms with Crippen LogP contribution in [0.5, 0.6) is 0 Å². The second-order valence-electron chi connectivity index (χ2n) is 6.88. The molecule has 134 valence electrons.